The van der Waals surface area contributed by atoms with Gasteiger partial charge in [0.2, 0.25) is 0 Å². The number of aromatic amines is 1. The molecule has 0 spiro atoms. The van der Waals surface area contributed by atoms with Crippen LogP contribution in [-0.2, 0) is 5.88 Å². The van der Waals surface area contributed by atoms with Gasteiger partial charge in [-0.25, -0.2) is 4.98 Å². The van der Waals surface area contributed by atoms with Crippen molar-refractivity contribution in [1.82, 2.24) is 15.2 Å². The summed E-state index contributed by atoms with van der Waals surface area (Å²) in [6, 6.07) is 3.80. The number of rotatable bonds is 1. The van der Waals surface area contributed by atoms with E-state index in [1.807, 2.05) is 19.1 Å². The van der Waals surface area contributed by atoms with E-state index in [4.69, 9.17) is 11.6 Å². The van der Waals surface area contributed by atoms with Crippen molar-refractivity contribution in [2.45, 2.75) is 12.8 Å². The van der Waals surface area contributed by atoms with Crippen LogP contribution in [0.15, 0.2) is 12.1 Å². The molecule has 4 heteroatoms. The Morgan fingerprint density at radius 3 is 3.08 bits per heavy atom. The Labute approximate surface area is 74.8 Å². The van der Waals surface area contributed by atoms with Gasteiger partial charge < -0.3 is 0 Å². The largest absolute Gasteiger partial charge is 0.280 e. The molecular weight excluding hydrogens is 174 g/mol. The molecule has 0 bridgehead atoms. The molecule has 0 aliphatic carbocycles. The van der Waals surface area contributed by atoms with Crippen LogP contribution in [0.1, 0.15) is 11.4 Å². The molecule has 0 aromatic carbocycles. The molecule has 12 heavy (non-hydrogen) atoms. The summed E-state index contributed by atoms with van der Waals surface area (Å²) in [5.74, 6) is 0.445. The van der Waals surface area contributed by atoms with Gasteiger partial charge in [-0.05, 0) is 19.1 Å². The topological polar surface area (TPSA) is 41.6 Å². The predicted molar refractivity (Wildman–Crippen MR) is 48.2 cm³/mol. The zero-order valence-corrected chi connectivity index (χ0v) is 7.39. The highest BCUT2D eigenvalue weighted by Crippen LogP contribution is 2.13. The van der Waals surface area contributed by atoms with E-state index in [0.29, 0.717) is 5.88 Å². The van der Waals surface area contributed by atoms with Gasteiger partial charge in [0.15, 0.2) is 0 Å². The third kappa shape index (κ3) is 1.06. The van der Waals surface area contributed by atoms with Crippen LogP contribution in [0.3, 0.4) is 0 Å². The van der Waals surface area contributed by atoms with E-state index >= 15 is 0 Å². The van der Waals surface area contributed by atoms with Crippen LogP contribution in [0, 0.1) is 6.92 Å². The molecule has 0 aliphatic rings. The number of nitrogens with one attached hydrogen (secondary N) is 1. The van der Waals surface area contributed by atoms with Crippen LogP contribution in [0.2, 0.25) is 0 Å². The maximum Gasteiger partial charge on any atom is 0.111 e. The summed E-state index contributed by atoms with van der Waals surface area (Å²) in [6.45, 7) is 1.94. The fourth-order valence-corrected chi connectivity index (χ4v) is 1.28. The molecule has 0 fully saturated rings. The highest BCUT2D eigenvalue weighted by molar-refractivity contribution is 6.16. The summed E-state index contributed by atoms with van der Waals surface area (Å²) in [7, 11) is 0. The van der Waals surface area contributed by atoms with Crippen molar-refractivity contribution in [3.05, 3.63) is 23.5 Å². The van der Waals surface area contributed by atoms with E-state index in [1.165, 1.54) is 0 Å². The standard InChI is InChI=1S/C8H8ClN3/c1-5-8-7(12-11-5)3-2-6(4-9)10-8/h2-3H,4H2,1H3,(H,11,12). The lowest BCUT2D eigenvalue weighted by atomic mass is 10.3. The van der Waals surface area contributed by atoms with Crippen LogP contribution in [0.4, 0.5) is 0 Å². The number of fused-ring (bicyclic) bond motifs is 1. The van der Waals surface area contributed by atoms with Gasteiger partial charge in [0.1, 0.15) is 11.0 Å². The van der Waals surface area contributed by atoms with Gasteiger partial charge in [-0.2, -0.15) is 5.10 Å². The highest BCUT2D eigenvalue weighted by atomic mass is 35.5. The van der Waals surface area contributed by atoms with Crippen molar-refractivity contribution in [3.8, 4) is 0 Å². The monoisotopic (exact) mass is 181 g/mol. The number of aryl methyl sites for hydroxylation is 1. The minimum absolute atomic E-state index is 0.445. The van der Waals surface area contributed by atoms with E-state index in [0.717, 1.165) is 22.4 Å². The fraction of sp³-hybridized carbons (Fsp3) is 0.250. The first-order valence-corrected chi connectivity index (χ1v) is 4.21. The third-order valence-corrected chi connectivity index (χ3v) is 2.04. The summed E-state index contributed by atoms with van der Waals surface area (Å²) in [5.41, 5.74) is 3.67. The highest BCUT2D eigenvalue weighted by Gasteiger charge is 2.02. The summed E-state index contributed by atoms with van der Waals surface area (Å²) >= 11 is 5.65. The normalized spacial score (nSPS) is 10.8. The number of hydrogen-bond acceptors (Lipinski definition) is 2. The SMILES string of the molecule is Cc1[nH]nc2ccc(CCl)nc12. The lowest BCUT2D eigenvalue weighted by Gasteiger charge is -1.93. The first-order valence-electron chi connectivity index (χ1n) is 3.68. The van der Waals surface area contributed by atoms with Crippen molar-refractivity contribution in [1.29, 1.82) is 0 Å². The van der Waals surface area contributed by atoms with Gasteiger partial charge in [-0.3, -0.25) is 5.10 Å². The molecule has 0 amide bonds. The van der Waals surface area contributed by atoms with Gasteiger partial charge in [0.05, 0.1) is 17.3 Å². The Morgan fingerprint density at radius 2 is 2.33 bits per heavy atom. The third-order valence-electron chi connectivity index (χ3n) is 1.77. The summed E-state index contributed by atoms with van der Waals surface area (Å²) in [5, 5.41) is 6.94. The van der Waals surface area contributed by atoms with Crippen molar-refractivity contribution in [2.24, 2.45) is 0 Å². The molecule has 0 atom stereocenters. The maximum atomic E-state index is 5.65. The molecular formula is C8H8ClN3. The minimum Gasteiger partial charge on any atom is -0.280 e. The molecule has 0 saturated heterocycles. The van der Waals surface area contributed by atoms with E-state index in [1.54, 1.807) is 0 Å². The average molecular weight is 182 g/mol. The van der Waals surface area contributed by atoms with Crippen LogP contribution in [0.25, 0.3) is 11.0 Å². The average Bonchev–Trinajstić information content (AvgIpc) is 2.47. The van der Waals surface area contributed by atoms with E-state index in [2.05, 4.69) is 15.2 Å². The van der Waals surface area contributed by atoms with Gasteiger partial charge in [-0.1, -0.05) is 0 Å². The first-order chi connectivity index (χ1) is 5.81. The number of alkyl halides is 1. The number of aromatic nitrogens is 3. The molecule has 2 heterocycles. The van der Waals surface area contributed by atoms with E-state index < -0.39 is 0 Å². The maximum absolute atomic E-state index is 5.65. The van der Waals surface area contributed by atoms with Gasteiger partial charge >= 0.3 is 0 Å². The number of H-pyrrole nitrogens is 1. The lowest BCUT2D eigenvalue weighted by Crippen LogP contribution is -1.84. The van der Waals surface area contributed by atoms with E-state index in [9.17, 15) is 0 Å². The van der Waals surface area contributed by atoms with Crippen molar-refractivity contribution >= 4 is 22.6 Å². The summed E-state index contributed by atoms with van der Waals surface area (Å²) in [6.07, 6.45) is 0. The van der Waals surface area contributed by atoms with Gasteiger partial charge in [0.25, 0.3) is 0 Å². The Kier molecular flexibility index (Phi) is 1.73. The molecule has 0 saturated carbocycles. The lowest BCUT2D eigenvalue weighted by molar-refractivity contribution is 1.07. The number of pyridine rings is 1. The van der Waals surface area contributed by atoms with Crippen LogP contribution in [0.5, 0.6) is 0 Å². The zero-order valence-electron chi connectivity index (χ0n) is 6.63. The molecule has 62 valence electrons. The van der Waals surface area contributed by atoms with Crippen molar-refractivity contribution in [3.63, 3.8) is 0 Å². The Morgan fingerprint density at radius 1 is 1.50 bits per heavy atom. The van der Waals surface area contributed by atoms with Crippen molar-refractivity contribution < 1.29 is 0 Å². The molecule has 1 N–H and O–H groups in total. The zero-order chi connectivity index (χ0) is 8.55. The molecule has 2 aromatic heterocycles. The molecule has 0 aliphatic heterocycles. The summed E-state index contributed by atoms with van der Waals surface area (Å²) < 4.78 is 0. The Bertz CT molecular complexity index is 408. The quantitative estimate of drug-likeness (QED) is 0.684. The predicted octanol–water partition coefficient (Wildman–Crippen LogP) is 2.01. The minimum atomic E-state index is 0.445. The molecule has 2 rings (SSSR count). The molecule has 0 radical (unpaired) electrons. The second-order valence-corrected chi connectivity index (χ2v) is 2.92. The van der Waals surface area contributed by atoms with Gasteiger partial charge in [-0.15, -0.1) is 11.6 Å². The van der Waals surface area contributed by atoms with E-state index in [-0.39, 0.29) is 0 Å². The molecule has 0 unspecified atom stereocenters. The molecule has 3 nitrogen and oxygen atoms in total. The van der Waals surface area contributed by atoms with Crippen LogP contribution >= 0.6 is 11.6 Å². The summed E-state index contributed by atoms with van der Waals surface area (Å²) in [4.78, 5) is 4.33. The van der Waals surface area contributed by atoms with Crippen molar-refractivity contribution in [2.75, 3.05) is 0 Å². The van der Waals surface area contributed by atoms with Gasteiger partial charge in [0, 0.05) is 0 Å². The second kappa shape index (κ2) is 2.75. The first kappa shape index (κ1) is 7.55. The van der Waals surface area contributed by atoms with Crippen LogP contribution in [-0.4, -0.2) is 15.2 Å². The number of hydrogen-bond donors (Lipinski definition) is 1. The van der Waals surface area contributed by atoms with Crippen LogP contribution < -0.4 is 0 Å². The Hall–Kier alpha value is -1.09. The second-order valence-electron chi connectivity index (χ2n) is 2.65. The fourth-order valence-electron chi connectivity index (χ4n) is 1.13. The number of nitrogens with zero attached hydrogens (tertiary/aromatic N) is 2. The molecule has 2 aromatic rings. The number of halogens is 1. The Balaban J connectivity index is 2.71. The smallest absolute Gasteiger partial charge is 0.111 e.